The van der Waals surface area contributed by atoms with Crippen molar-refractivity contribution >= 4 is 35.1 Å². The van der Waals surface area contributed by atoms with Gasteiger partial charge in [-0.05, 0) is 25.3 Å². The summed E-state index contributed by atoms with van der Waals surface area (Å²) in [7, 11) is 0. The van der Waals surface area contributed by atoms with Gasteiger partial charge in [0.2, 0.25) is 5.91 Å². The Hall–Kier alpha value is -1.65. The first-order chi connectivity index (χ1) is 11.7. The fourth-order valence-corrected chi connectivity index (χ4v) is 2.67. The summed E-state index contributed by atoms with van der Waals surface area (Å²) in [6, 6.07) is 3.33. The van der Waals surface area contributed by atoms with Gasteiger partial charge in [-0.15, -0.1) is 0 Å². The number of nitrogens with two attached hydrogens (primary N) is 1. The number of rotatable bonds is 8. The molecule has 1 aromatic rings. The summed E-state index contributed by atoms with van der Waals surface area (Å²) in [5.41, 5.74) is 0.507. The van der Waals surface area contributed by atoms with E-state index in [9.17, 15) is 18.0 Å². The van der Waals surface area contributed by atoms with Crippen molar-refractivity contribution in [3.8, 4) is 0 Å². The number of pyridine rings is 1. The molecule has 3 N–H and O–H groups in total. The van der Waals surface area contributed by atoms with Crippen molar-refractivity contribution in [3.63, 3.8) is 0 Å². The molecule has 11 heteroatoms. The molecular weight excluding hydrogens is 379 g/mol. The number of nitrogens with zero attached hydrogens (tertiary/aromatic N) is 3. The van der Waals surface area contributed by atoms with E-state index in [0.29, 0.717) is 17.4 Å². The van der Waals surface area contributed by atoms with Gasteiger partial charge in [0.1, 0.15) is 11.1 Å². The summed E-state index contributed by atoms with van der Waals surface area (Å²) < 4.78 is 38.6. The summed E-state index contributed by atoms with van der Waals surface area (Å²) in [6.07, 6.45) is 0.473. The quantitative estimate of drug-likeness (QED) is 0.399. The number of nitrogens with one attached hydrogen (secondary N) is 1. The van der Waals surface area contributed by atoms with Gasteiger partial charge in [-0.2, -0.15) is 24.9 Å². The lowest BCUT2D eigenvalue weighted by Gasteiger charge is -2.27. The van der Waals surface area contributed by atoms with Gasteiger partial charge in [0, 0.05) is 30.9 Å². The number of alkyl halides is 3. The van der Waals surface area contributed by atoms with E-state index in [0.717, 1.165) is 9.91 Å². The van der Waals surface area contributed by atoms with E-state index < -0.39 is 23.8 Å². The Morgan fingerprint density at radius 2 is 2.24 bits per heavy atom. The van der Waals surface area contributed by atoms with Crippen LogP contribution in [0.3, 0.4) is 0 Å². The monoisotopic (exact) mass is 397 g/mol. The van der Waals surface area contributed by atoms with Gasteiger partial charge in [0.15, 0.2) is 0 Å². The second kappa shape index (κ2) is 9.73. The first kappa shape index (κ1) is 21.4. The van der Waals surface area contributed by atoms with Crippen LogP contribution >= 0.6 is 23.5 Å². The number of amides is 1. The Labute approximate surface area is 153 Å². The van der Waals surface area contributed by atoms with Crippen LogP contribution in [0.2, 0.25) is 0 Å². The number of halogens is 4. The molecule has 0 bridgehead atoms. The predicted molar refractivity (Wildman–Crippen MR) is 93.3 cm³/mol. The number of carbonyl (C=O) groups is 1. The zero-order valence-corrected chi connectivity index (χ0v) is 15.2. The highest BCUT2D eigenvalue weighted by Gasteiger charge is 2.41. The molecule has 0 aliphatic rings. The van der Waals surface area contributed by atoms with Gasteiger partial charge in [-0.3, -0.25) is 24.5 Å². The summed E-state index contributed by atoms with van der Waals surface area (Å²) in [6.45, 7) is 1.73. The summed E-state index contributed by atoms with van der Waals surface area (Å²) in [4.78, 5) is 19.6. The molecule has 1 rings (SSSR count). The molecule has 0 radical (unpaired) electrons. The van der Waals surface area contributed by atoms with Crippen molar-refractivity contribution in [3.05, 3.63) is 36.5 Å². The number of hydrazine groups is 1. The highest BCUT2D eigenvalue weighted by molar-refractivity contribution is 7.99. The van der Waals surface area contributed by atoms with Crippen LogP contribution < -0.4 is 15.7 Å². The zero-order chi connectivity index (χ0) is 19.0. The molecule has 0 aromatic carbocycles. The minimum Gasteiger partial charge on any atom is -0.297 e. The predicted octanol–water partition coefficient (Wildman–Crippen LogP) is 2.84. The zero-order valence-electron chi connectivity index (χ0n) is 13.6. The van der Waals surface area contributed by atoms with E-state index in [-0.39, 0.29) is 12.4 Å². The Morgan fingerprint density at radius 3 is 2.68 bits per heavy atom. The van der Waals surface area contributed by atoms with Gasteiger partial charge < -0.3 is 0 Å². The molecule has 1 unspecified atom stereocenters. The fourth-order valence-electron chi connectivity index (χ4n) is 1.94. The maximum atomic E-state index is 12.9. The van der Waals surface area contributed by atoms with Gasteiger partial charge in [-0.1, -0.05) is 0 Å². The normalized spacial score (nSPS) is 13.3. The molecule has 1 aromatic heterocycles. The molecule has 0 spiro atoms. The average molecular weight is 398 g/mol. The Bertz CT molecular complexity index is 588. The van der Waals surface area contributed by atoms with Crippen molar-refractivity contribution in [2.24, 2.45) is 5.84 Å². The van der Waals surface area contributed by atoms with Crippen LogP contribution in [-0.4, -0.2) is 40.0 Å². The molecule has 1 heterocycles. The molecule has 140 valence electrons. The second-order valence-electron chi connectivity index (χ2n) is 4.84. The van der Waals surface area contributed by atoms with Crippen LogP contribution in [0, 0.1) is 0 Å². The van der Waals surface area contributed by atoms with Crippen LogP contribution in [0.15, 0.2) is 36.5 Å². The van der Waals surface area contributed by atoms with Crippen LogP contribution in [0.25, 0.3) is 0 Å². The summed E-state index contributed by atoms with van der Waals surface area (Å²) >= 11 is 6.21. The molecule has 0 aliphatic carbocycles. The largest absolute Gasteiger partial charge is 0.401 e. The van der Waals surface area contributed by atoms with Crippen LogP contribution in [0.5, 0.6) is 0 Å². The molecule has 0 saturated heterocycles. The maximum absolute atomic E-state index is 12.9. The van der Waals surface area contributed by atoms with Crippen molar-refractivity contribution in [2.75, 3.05) is 17.8 Å². The van der Waals surface area contributed by atoms with Gasteiger partial charge >= 0.3 is 6.18 Å². The first-order valence-electron chi connectivity index (χ1n) is 7.16. The molecule has 0 fully saturated rings. The minimum atomic E-state index is -4.47. The topological polar surface area (TPSA) is 74.5 Å². The Balaban J connectivity index is 2.97. The lowest BCUT2D eigenvalue weighted by molar-refractivity contribution is -0.144. The third-order valence-corrected chi connectivity index (χ3v) is 4.42. The number of carbonyl (C=O) groups excluding carboxylic acids is 1. The molecule has 0 aliphatic heterocycles. The van der Waals surface area contributed by atoms with Crippen LogP contribution in [0.1, 0.15) is 13.3 Å². The number of hydrogen-bond donors (Lipinski definition) is 2. The van der Waals surface area contributed by atoms with Gasteiger partial charge in [0.05, 0.1) is 18.1 Å². The van der Waals surface area contributed by atoms with Crippen molar-refractivity contribution in [1.29, 1.82) is 0 Å². The highest BCUT2D eigenvalue weighted by Crippen LogP contribution is 2.32. The van der Waals surface area contributed by atoms with E-state index in [4.69, 9.17) is 17.6 Å². The molecule has 0 saturated carbocycles. The first-order valence-corrected chi connectivity index (χ1v) is 8.83. The second-order valence-corrected chi connectivity index (χ2v) is 6.06. The SMILES string of the molecule is CCN(C(=O)CC(SC)C(F)(F)F)/C(=C/N(N)c1cccnc1)NCl. The number of thioether (sulfide) groups is 1. The minimum absolute atomic E-state index is 0.0579. The molecule has 25 heavy (non-hydrogen) atoms. The van der Waals surface area contributed by atoms with E-state index >= 15 is 0 Å². The highest BCUT2D eigenvalue weighted by atomic mass is 35.5. The van der Waals surface area contributed by atoms with Crippen molar-refractivity contribution < 1.29 is 18.0 Å². The third kappa shape index (κ3) is 6.29. The molecule has 1 atom stereocenters. The Morgan fingerprint density at radius 1 is 1.56 bits per heavy atom. The number of aromatic nitrogens is 1. The third-order valence-electron chi connectivity index (χ3n) is 3.22. The van der Waals surface area contributed by atoms with E-state index in [2.05, 4.69) is 9.82 Å². The van der Waals surface area contributed by atoms with Crippen LogP contribution in [-0.2, 0) is 4.79 Å². The van der Waals surface area contributed by atoms with E-state index in [1.165, 1.54) is 18.7 Å². The maximum Gasteiger partial charge on any atom is 0.401 e. The molecule has 1 amide bonds. The fraction of sp³-hybridized carbons (Fsp3) is 0.429. The van der Waals surface area contributed by atoms with E-state index in [1.54, 1.807) is 25.3 Å². The van der Waals surface area contributed by atoms with E-state index in [1.807, 2.05) is 0 Å². The lowest BCUT2D eigenvalue weighted by atomic mass is 10.2. The standard InChI is InChI=1S/C14H19ClF3N5OS/c1-3-22(13(24)7-11(25-2)14(16,17)18)12(21-15)9-23(19)10-5-4-6-20-8-10/h4-6,8-9,11,21H,3,7,19H2,1-2H3/b12-9+. The number of hydrogen-bond acceptors (Lipinski definition) is 6. The summed E-state index contributed by atoms with van der Waals surface area (Å²) in [5.74, 6) is 5.19. The average Bonchev–Trinajstić information content (AvgIpc) is 2.58. The molecule has 6 nitrogen and oxygen atoms in total. The van der Waals surface area contributed by atoms with Crippen LogP contribution in [0.4, 0.5) is 18.9 Å². The summed E-state index contributed by atoms with van der Waals surface area (Å²) in [5, 5.41) is -0.637. The lowest BCUT2D eigenvalue weighted by Crippen LogP contribution is -2.40. The number of anilines is 1. The van der Waals surface area contributed by atoms with Crippen molar-refractivity contribution in [2.45, 2.75) is 24.8 Å². The Kier molecular flexibility index (Phi) is 8.33. The molecular formula is C14H19ClF3N5OS. The van der Waals surface area contributed by atoms with Gasteiger partial charge in [0.25, 0.3) is 0 Å². The van der Waals surface area contributed by atoms with Crippen molar-refractivity contribution in [1.82, 2.24) is 14.7 Å². The smallest absolute Gasteiger partial charge is 0.297 e. The van der Waals surface area contributed by atoms with Gasteiger partial charge in [-0.25, -0.2) is 5.84 Å².